The summed E-state index contributed by atoms with van der Waals surface area (Å²) in [6, 6.07) is 8.98. The molecule has 0 bridgehead atoms. The topological polar surface area (TPSA) is 42.0 Å². The van der Waals surface area contributed by atoms with Crippen LogP contribution in [-0.2, 0) is 11.0 Å². The van der Waals surface area contributed by atoms with Crippen molar-refractivity contribution in [3.63, 3.8) is 0 Å². The molecule has 0 atom stereocenters. The predicted molar refractivity (Wildman–Crippen MR) is 130 cm³/mol. The largest absolute Gasteiger partial charge is 0.418 e. The van der Waals surface area contributed by atoms with E-state index in [4.69, 9.17) is 0 Å². The minimum atomic E-state index is -4.40. The number of aldehydes is 1. The van der Waals surface area contributed by atoms with Crippen molar-refractivity contribution in [1.29, 1.82) is 0 Å². The van der Waals surface area contributed by atoms with Crippen LogP contribution in [0.4, 0.5) is 18.9 Å². The molecular formula is C25H29F3N2OS. The van der Waals surface area contributed by atoms with Crippen molar-refractivity contribution in [3.05, 3.63) is 82.9 Å². The van der Waals surface area contributed by atoms with Gasteiger partial charge < -0.3 is 10.1 Å². The standard InChI is InChI=1S/C13H11F3N2.C12H18OS/c1-17-10-6-4-9(5-7-10)12-11(13(14,15)16)3-2-8-18-12;1-4-6-12(9-10-13)8-7-11(3)14-5-2/h2-8,17H,1H3;4,6-8,10H,5,9H2,1-3H3/b;6-4-,11-7+,12-8+. The highest BCUT2D eigenvalue weighted by molar-refractivity contribution is 8.03. The Hall–Kier alpha value is -2.80. The number of rotatable bonds is 8. The number of allylic oxidation sites excluding steroid dienone is 6. The highest BCUT2D eigenvalue weighted by Crippen LogP contribution is 2.35. The van der Waals surface area contributed by atoms with Crippen LogP contribution in [0.15, 0.2) is 77.4 Å². The van der Waals surface area contributed by atoms with Crippen molar-refractivity contribution in [3.8, 4) is 11.3 Å². The fourth-order valence-electron chi connectivity index (χ4n) is 2.66. The molecule has 0 saturated heterocycles. The summed E-state index contributed by atoms with van der Waals surface area (Å²) in [7, 11) is 1.75. The van der Waals surface area contributed by atoms with Gasteiger partial charge in [-0.3, -0.25) is 4.98 Å². The van der Waals surface area contributed by atoms with E-state index in [-0.39, 0.29) is 5.69 Å². The third-order valence-corrected chi connectivity index (χ3v) is 5.04. The quantitative estimate of drug-likeness (QED) is 0.325. The summed E-state index contributed by atoms with van der Waals surface area (Å²) < 4.78 is 38.5. The summed E-state index contributed by atoms with van der Waals surface area (Å²) in [5.41, 5.74) is 1.57. The van der Waals surface area contributed by atoms with E-state index < -0.39 is 11.7 Å². The monoisotopic (exact) mass is 462 g/mol. The van der Waals surface area contributed by atoms with Crippen LogP contribution in [0.2, 0.25) is 0 Å². The van der Waals surface area contributed by atoms with Crippen LogP contribution in [0, 0.1) is 0 Å². The summed E-state index contributed by atoms with van der Waals surface area (Å²) in [5.74, 6) is 1.09. The first-order chi connectivity index (χ1) is 15.3. The lowest BCUT2D eigenvalue weighted by molar-refractivity contribution is -0.137. The summed E-state index contributed by atoms with van der Waals surface area (Å²) in [4.78, 5) is 15.5. The van der Waals surface area contributed by atoms with Crippen LogP contribution in [0.5, 0.6) is 0 Å². The number of anilines is 1. The number of halogens is 3. The molecule has 0 radical (unpaired) electrons. The van der Waals surface area contributed by atoms with Gasteiger partial charge in [0, 0.05) is 30.9 Å². The lowest BCUT2D eigenvalue weighted by atomic mass is 10.1. The van der Waals surface area contributed by atoms with Crippen molar-refractivity contribution in [1.82, 2.24) is 4.98 Å². The molecule has 2 rings (SSSR count). The van der Waals surface area contributed by atoms with Crippen LogP contribution in [0.3, 0.4) is 0 Å². The smallest absolute Gasteiger partial charge is 0.388 e. The maximum absolute atomic E-state index is 12.8. The molecule has 1 aromatic heterocycles. The van der Waals surface area contributed by atoms with Gasteiger partial charge in [0.25, 0.3) is 0 Å². The van der Waals surface area contributed by atoms with E-state index in [9.17, 15) is 18.0 Å². The number of carbonyl (C=O) groups excluding carboxylic acids is 1. The van der Waals surface area contributed by atoms with Crippen molar-refractivity contribution in [2.75, 3.05) is 18.1 Å². The van der Waals surface area contributed by atoms with Gasteiger partial charge in [-0.15, -0.1) is 11.8 Å². The maximum atomic E-state index is 12.8. The number of aromatic nitrogens is 1. The molecule has 0 aliphatic carbocycles. The molecule has 0 saturated carbocycles. The molecule has 2 aromatic rings. The molecule has 0 aliphatic heterocycles. The molecule has 1 N–H and O–H groups in total. The first kappa shape index (κ1) is 27.2. The van der Waals surface area contributed by atoms with Crippen molar-refractivity contribution in [2.45, 2.75) is 33.4 Å². The Kier molecular flexibility index (Phi) is 12.2. The Morgan fingerprint density at radius 3 is 2.38 bits per heavy atom. The van der Waals surface area contributed by atoms with Crippen LogP contribution in [0.25, 0.3) is 11.3 Å². The molecule has 0 spiro atoms. The number of carbonyl (C=O) groups is 1. The van der Waals surface area contributed by atoms with Crippen LogP contribution in [0.1, 0.15) is 32.8 Å². The van der Waals surface area contributed by atoms with E-state index >= 15 is 0 Å². The van der Waals surface area contributed by atoms with Gasteiger partial charge in [0.1, 0.15) is 6.29 Å². The summed E-state index contributed by atoms with van der Waals surface area (Å²) >= 11 is 1.81. The number of alkyl halides is 3. The van der Waals surface area contributed by atoms with Crippen LogP contribution in [-0.4, -0.2) is 24.1 Å². The van der Waals surface area contributed by atoms with Gasteiger partial charge in [-0.2, -0.15) is 13.2 Å². The van der Waals surface area contributed by atoms with Crippen LogP contribution >= 0.6 is 11.8 Å². The number of pyridine rings is 1. The Labute approximate surface area is 192 Å². The SMILES string of the molecule is CNc1ccc(-c2ncccc2C(F)(F)F)cc1.C\C=C/C(=C\C=C(/C)SCC)CC=O. The molecule has 172 valence electrons. The summed E-state index contributed by atoms with van der Waals surface area (Å²) in [6.07, 6.45) is 6.37. The lowest BCUT2D eigenvalue weighted by Gasteiger charge is -2.11. The van der Waals surface area contributed by atoms with E-state index in [0.29, 0.717) is 12.0 Å². The number of benzene rings is 1. The Morgan fingerprint density at radius 1 is 1.16 bits per heavy atom. The Bertz CT molecular complexity index is 933. The number of hydrogen-bond acceptors (Lipinski definition) is 4. The molecule has 1 aromatic carbocycles. The van der Waals surface area contributed by atoms with Gasteiger partial charge >= 0.3 is 6.18 Å². The fourth-order valence-corrected chi connectivity index (χ4v) is 3.28. The molecule has 0 fully saturated rings. The first-order valence-corrected chi connectivity index (χ1v) is 11.1. The minimum absolute atomic E-state index is 0.0485. The molecular weight excluding hydrogens is 433 g/mol. The van der Waals surface area contributed by atoms with Gasteiger partial charge in [0.05, 0.1) is 11.3 Å². The first-order valence-electron chi connectivity index (χ1n) is 10.1. The molecule has 0 aliphatic rings. The van der Waals surface area contributed by atoms with E-state index in [2.05, 4.69) is 30.2 Å². The van der Waals surface area contributed by atoms with E-state index in [1.165, 1.54) is 17.2 Å². The Balaban J connectivity index is 0.000000333. The molecule has 1 heterocycles. The maximum Gasteiger partial charge on any atom is 0.418 e. The predicted octanol–water partition coefficient (Wildman–Crippen LogP) is 7.54. The normalized spacial score (nSPS) is 12.3. The second-order valence-corrected chi connectivity index (χ2v) is 8.06. The van der Waals surface area contributed by atoms with Crippen molar-refractivity contribution in [2.24, 2.45) is 0 Å². The van der Waals surface area contributed by atoms with Crippen molar-refractivity contribution < 1.29 is 18.0 Å². The summed E-state index contributed by atoms with van der Waals surface area (Å²) in [5, 5.41) is 2.91. The van der Waals surface area contributed by atoms with Gasteiger partial charge in [-0.05, 0) is 54.3 Å². The van der Waals surface area contributed by atoms with E-state index in [1.807, 2.05) is 36.9 Å². The number of thioether (sulfide) groups is 1. The number of hydrogen-bond donors (Lipinski definition) is 1. The van der Waals surface area contributed by atoms with Gasteiger partial charge in [-0.25, -0.2) is 0 Å². The summed E-state index contributed by atoms with van der Waals surface area (Å²) in [6.45, 7) is 6.17. The number of nitrogens with one attached hydrogen (secondary N) is 1. The Morgan fingerprint density at radius 2 is 1.84 bits per heavy atom. The molecule has 0 unspecified atom stereocenters. The average molecular weight is 463 g/mol. The molecule has 7 heteroatoms. The van der Waals surface area contributed by atoms with Crippen LogP contribution < -0.4 is 5.32 Å². The minimum Gasteiger partial charge on any atom is -0.388 e. The fraction of sp³-hybridized carbons (Fsp3) is 0.280. The molecule has 0 amide bonds. The highest BCUT2D eigenvalue weighted by atomic mass is 32.2. The zero-order valence-corrected chi connectivity index (χ0v) is 19.6. The van der Waals surface area contributed by atoms with Gasteiger partial charge in [-0.1, -0.05) is 43.4 Å². The lowest BCUT2D eigenvalue weighted by Crippen LogP contribution is -2.08. The van der Waals surface area contributed by atoms with E-state index in [0.717, 1.165) is 29.4 Å². The zero-order valence-electron chi connectivity index (χ0n) is 18.7. The zero-order chi connectivity index (χ0) is 24.0. The average Bonchev–Trinajstić information content (AvgIpc) is 2.78. The molecule has 3 nitrogen and oxygen atoms in total. The highest BCUT2D eigenvalue weighted by Gasteiger charge is 2.34. The molecule has 32 heavy (non-hydrogen) atoms. The van der Waals surface area contributed by atoms with Crippen molar-refractivity contribution >= 4 is 23.7 Å². The van der Waals surface area contributed by atoms with Gasteiger partial charge in [0.2, 0.25) is 0 Å². The third kappa shape index (κ3) is 9.56. The second kappa shape index (κ2) is 14.3. The van der Waals surface area contributed by atoms with Gasteiger partial charge in [0.15, 0.2) is 0 Å². The van der Waals surface area contributed by atoms with E-state index in [1.54, 1.807) is 31.3 Å². The number of nitrogens with zero attached hydrogens (tertiary/aromatic N) is 1. The second-order valence-electron chi connectivity index (χ2n) is 6.55. The third-order valence-electron chi connectivity index (χ3n) is 4.16.